The Hall–Kier alpha value is -1.80. The highest BCUT2D eigenvalue weighted by Crippen LogP contribution is 2.10. The van der Waals surface area contributed by atoms with Gasteiger partial charge in [0.1, 0.15) is 0 Å². The molecule has 0 radical (unpaired) electrons. The highest BCUT2D eigenvalue weighted by Gasteiger charge is 2.11. The van der Waals surface area contributed by atoms with Crippen LogP contribution in [0.3, 0.4) is 0 Å². The number of aryl methyl sites for hydroxylation is 1. The minimum Gasteiger partial charge on any atom is -0.207 e. The number of hydrogen-bond donors (Lipinski definition) is 1. The van der Waals surface area contributed by atoms with Crippen LogP contribution in [0.2, 0.25) is 5.02 Å². The number of halogens is 1. The first-order valence-corrected chi connectivity index (χ1v) is 8.14. The minimum atomic E-state index is -3.52. The van der Waals surface area contributed by atoms with Gasteiger partial charge in [-0.05, 0) is 37.3 Å². The van der Waals surface area contributed by atoms with Crippen LogP contribution in [0.15, 0.2) is 53.4 Å². The van der Waals surface area contributed by atoms with Crippen molar-refractivity contribution in [3.8, 4) is 11.8 Å². The standard InChI is InChI=1S/C16H14ClNO2S/c1-13-7-9-16(10-8-13)21(19,20)18-11-3-5-14-4-2-6-15(17)12-14/h2,4,6-10,12,18H,11H2,1H3. The molecule has 2 aromatic rings. The number of rotatable bonds is 3. The zero-order valence-corrected chi connectivity index (χ0v) is 13.0. The predicted octanol–water partition coefficient (Wildman–Crippen LogP) is 2.98. The lowest BCUT2D eigenvalue weighted by atomic mass is 10.2. The summed E-state index contributed by atoms with van der Waals surface area (Å²) in [5.74, 6) is 5.62. The number of hydrogen-bond acceptors (Lipinski definition) is 2. The average Bonchev–Trinajstić information content (AvgIpc) is 2.44. The molecule has 2 aromatic carbocycles. The fourth-order valence-electron chi connectivity index (χ4n) is 1.64. The topological polar surface area (TPSA) is 46.2 Å². The summed E-state index contributed by atoms with van der Waals surface area (Å²) in [5.41, 5.74) is 1.76. The molecule has 2 rings (SSSR count). The lowest BCUT2D eigenvalue weighted by Crippen LogP contribution is -2.23. The third-order valence-electron chi connectivity index (χ3n) is 2.74. The van der Waals surface area contributed by atoms with Gasteiger partial charge < -0.3 is 0 Å². The van der Waals surface area contributed by atoms with E-state index in [-0.39, 0.29) is 11.4 Å². The van der Waals surface area contributed by atoms with E-state index in [1.165, 1.54) is 0 Å². The van der Waals surface area contributed by atoms with Crippen molar-refractivity contribution < 1.29 is 8.42 Å². The Labute approximate surface area is 130 Å². The highest BCUT2D eigenvalue weighted by molar-refractivity contribution is 7.89. The van der Waals surface area contributed by atoms with Crippen LogP contribution in [-0.4, -0.2) is 15.0 Å². The molecule has 1 N–H and O–H groups in total. The quantitative estimate of drug-likeness (QED) is 0.884. The minimum absolute atomic E-state index is 0.0444. The Morgan fingerprint density at radius 1 is 1.14 bits per heavy atom. The summed E-state index contributed by atoms with van der Waals surface area (Å²) in [7, 11) is -3.52. The van der Waals surface area contributed by atoms with E-state index in [0.717, 1.165) is 11.1 Å². The van der Waals surface area contributed by atoms with Crippen LogP contribution in [0, 0.1) is 18.8 Å². The number of nitrogens with one attached hydrogen (secondary N) is 1. The molecular formula is C16H14ClNO2S. The summed E-state index contributed by atoms with van der Waals surface area (Å²) in [4.78, 5) is 0.234. The van der Waals surface area contributed by atoms with E-state index in [9.17, 15) is 8.42 Å². The van der Waals surface area contributed by atoms with Crippen LogP contribution in [0.4, 0.5) is 0 Å². The Morgan fingerprint density at radius 3 is 2.52 bits per heavy atom. The molecule has 0 aromatic heterocycles. The van der Waals surface area contributed by atoms with E-state index in [0.29, 0.717) is 5.02 Å². The van der Waals surface area contributed by atoms with Gasteiger partial charge in [-0.15, -0.1) is 0 Å². The molecule has 5 heteroatoms. The van der Waals surface area contributed by atoms with Gasteiger partial charge in [0, 0.05) is 10.6 Å². The van der Waals surface area contributed by atoms with Crippen LogP contribution in [0.1, 0.15) is 11.1 Å². The van der Waals surface area contributed by atoms with Crippen molar-refractivity contribution in [2.24, 2.45) is 0 Å². The largest absolute Gasteiger partial charge is 0.241 e. The third kappa shape index (κ3) is 4.61. The van der Waals surface area contributed by atoms with Gasteiger partial charge in [0.15, 0.2) is 0 Å². The monoisotopic (exact) mass is 319 g/mol. The van der Waals surface area contributed by atoms with Gasteiger partial charge in [0.05, 0.1) is 11.4 Å². The van der Waals surface area contributed by atoms with Crippen molar-refractivity contribution in [3.05, 3.63) is 64.7 Å². The molecule has 0 saturated carbocycles. The molecule has 21 heavy (non-hydrogen) atoms. The van der Waals surface area contributed by atoms with E-state index >= 15 is 0 Å². The van der Waals surface area contributed by atoms with Crippen LogP contribution < -0.4 is 4.72 Å². The number of sulfonamides is 1. The molecule has 0 unspecified atom stereocenters. The molecule has 108 valence electrons. The van der Waals surface area contributed by atoms with Gasteiger partial charge >= 0.3 is 0 Å². The Kier molecular flexibility index (Phi) is 5.03. The van der Waals surface area contributed by atoms with Gasteiger partial charge in [-0.1, -0.05) is 47.2 Å². The van der Waals surface area contributed by atoms with Crippen molar-refractivity contribution in [2.75, 3.05) is 6.54 Å². The van der Waals surface area contributed by atoms with Crippen LogP contribution in [-0.2, 0) is 10.0 Å². The van der Waals surface area contributed by atoms with Crippen LogP contribution in [0.25, 0.3) is 0 Å². The van der Waals surface area contributed by atoms with Crippen molar-refractivity contribution in [3.63, 3.8) is 0 Å². The lowest BCUT2D eigenvalue weighted by molar-refractivity contribution is 0.586. The summed E-state index contributed by atoms with van der Waals surface area (Å²) in [6, 6.07) is 13.7. The van der Waals surface area contributed by atoms with Crippen molar-refractivity contribution in [1.29, 1.82) is 0 Å². The van der Waals surface area contributed by atoms with Crippen molar-refractivity contribution >= 4 is 21.6 Å². The van der Waals surface area contributed by atoms with Gasteiger partial charge in [-0.3, -0.25) is 0 Å². The second-order valence-corrected chi connectivity index (χ2v) is 6.65. The van der Waals surface area contributed by atoms with Gasteiger partial charge in [-0.2, -0.15) is 4.72 Å². The predicted molar refractivity (Wildman–Crippen MR) is 84.7 cm³/mol. The molecular weight excluding hydrogens is 306 g/mol. The van der Waals surface area contributed by atoms with Crippen molar-refractivity contribution in [1.82, 2.24) is 4.72 Å². The third-order valence-corrected chi connectivity index (χ3v) is 4.39. The summed E-state index contributed by atoms with van der Waals surface area (Å²) in [6.45, 7) is 1.95. The maximum absolute atomic E-state index is 12.0. The average molecular weight is 320 g/mol. The Morgan fingerprint density at radius 2 is 1.86 bits per heavy atom. The van der Waals surface area contributed by atoms with Gasteiger partial charge in [-0.25, -0.2) is 8.42 Å². The molecule has 0 fully saturated rings. The lowest BCUT2D eigenvalue weighted by Gasteiger charge is -2.03. The first-order chi connectivity index (χ1) is 9.97. The maximum Gasteiger partial charge on any atom is 0.241 e. The second kappa shape index (κ2) is 6.77. The molecule has 0 saturated heterocycles. The zero-order chi connectivity index (χ0) is 15.3. The van der Waals surface area contributed by atoms with E-state index in [2.05, 4.69) is 16.6 Å². The normalized spacial score (nSPS) is 10.8. The van der Waals surface area contributed by atoms with E-state index in [1.54, 1.807) is 42.5 Å². The molecule has 0 spiro atoms. The SMILES string of the molecule is Cc1ccc(S(=O)(=O)NCC#Cc2cccc(Cl)c2)cc1. The van der Waals surface area contributed by atoms with Gasteiger partial charge in [0.2, 0.25) is 10.0 Å². The fraction of sp³-hybridized carbons (Fsp3) is 0.125. The summed E-state index contributed by atoms with van der Waals surface area (Å²) < 4.78 is 26.5. The Bertz CT molecular complexity index is 787. The highest BCUT2D eigenvalue weighted by atomic mass is 35.5. The molecule has 0 aliphatic carbocycles. The molecule has 0 heterocycles. The number of benzene rings is 2. The van der Waals surface area contributed by atoms with Crippen molar-refractivity contribution in [2.45, 2.75) is 11.8 Å². The zero-order valence-electron chi connectivity index (χ0n) is 11.4. The summed E-state index contributed by atoms with van der Waals surface area (Å²) >= 11 is 5.84. The van der Waals surface area contributed by atoms with Gasteiger partial charge in [0.25, 0.3) is 0 Å². The first kappa shape index (κ1) is 15.6. The maximum atomic E-state index is 12.0. The smallest absolute Gasteiger partial charge is 0.207 e. The molecule has 0 aliphatic heterocycles. The van der Waals surface area contributed by atoms with Crippen LogP contribution >= 0.6 is 11.6 Å². The molecule has 0 bridgehead atoms. The molecule has 0 atom stereocenters. The van der Waals surface area contributed by atoms with E-state index in [4.69, 9.17) is 11.6 Å². The Balaban J connectivity index is 2.02. The molecule has 0 aliphatic rings. The molecule has 0 amide bonds. The first-order valence-electron chi connectivity index (χ1n) is 6.28. The summed E-state index contributed by atoms with van der Waals surface area (Å²) in [6.07, 6.45) is 0. The van der Waals surface area contributed by atoms with Crippen LogP contribution in [0.5, 0.6) is 0 Å². The second-order valence-electron chi connectivity index (χ2n) is 4.45. The van der Waals surface area contributed by atoms with E-state index in [1.807, 2.05) is 13.0 Å². The van der Waals surface area contributed by atoms with E-state index < -0.39 is 10.0 Å². The molecule has 3 nitrogen and oxygen atoms in total. The summed E-state index contributed by atoms with van der Waals surface area (Å²) in [5, 5.41) is 0.599. The fourth-order valence-corrected chi connectivity index (χ4v) is 2.76.